The van der Waals surface area contributed by atoms with Gasteiger partial charge in [-0.15, -0.1) is 0 Å². The first-order chi connectivity index (χ1) is 9.79. The van der Waals surface area contributed by atoms with Crippen LogP contribution >= 0.6 is 0 Å². The van der Waals surface area contributed by atoms with Crippen LogP contribution in [0.2, 0.25) is 0 Å². The molecule has 0 aromatic heterocycles. The van der Waals surface area contributed by atoms with Gasteiger partial charge in [-0.2, -0.15) is 0 Å². The molecular formula is C17H19FN2. The third-order valence-electron chi connectivity index (χ3n) is 3.80. The Labute approximate surface area is 119 Å². The highest BCUT2D eigenvalue weighted by Gasteiger charge is 2.14. The van der Waals surface area contributed by atoms with Crippen molar-refractivity contribution in [2.24, 2.45) is 0 Å². The molecule has 1 N–H and O–H groups in total. The Morgan fingerprint density at radius 2 is 2.05 bits per heavy atom. The van der Waals surface area contributed by atoms with Gasteiger partial charge in [0.25, 0.3) is 0 Å². The topological polar surface area (TPSA) is 15.3 Å². The normalized spacial score (nSPS) is 13.5. The second-order valence-corrected chi connectivity index (χ2v) is 5.07. The summed E-state index contributed by atoms with van der Waals surface area (Å²) in [6.07, 6.45) is 2.24. The monoisotopic (exact) mass is 270 g/mol. The lowest BCUT2D eigenvalue weighted by atomic mass is 10.0. The first kappa shape index (κ1) is 13.0. The zero-order valence-corrected chi connectivity index (χ0v) is 11.7. The summed E-state index contributed by atoms with van der Waals surface area (Å²) >= 11 is 0. The summed E-state index contributed by atoms with van der Waals surface area (Å²) in [6.45, 7) is 3.83. The van der Waals surface area contributed by atoms with Gasteiger partial charge in [-0.25, -0.2) is 4.39 Å². The van der Waals surface area contributed by atoms with Crippen molar-refractivity contribution in [2.45, 2.75) is 19.8 Å². The zero-order valence-electron chi connectivity index (χ0n) is 11.7. The first-order valence-corrected chi connectivity index (χ1v) is 7.18. The highest BCUT2D eigenvalue weighted by Crippen LogP contribution is 2.32. The van der Waals surface area contributed by atoms with Gasteiger partial charge in [0.15, 0.2) is 0 Å². The maximum absolute atomic E-state index is 14.0. The van der Waals surface area contributed by atoms with Crippen LogP contribution in [0.4, 0.5) is 21.5 Å². The number of para-hydroxylation sites is 1. The number of fused-ring (bicyclic) bond motifs is 1. The summed E-state index contributed by atoms with van der Waals surface area (Å²) in [5.41, 5.74) is 4.23. The molecule has 0 fully saturated rings. The first-order valence-electron chi connectivity index (χ1n) is 7.18. The summed E-state index contributed by atoms with van der Waals surface area (Å²) in [4.78, 5) is 2.02. The van der Waals surface area contributed by atoms with Gasteiger partial charge in [-0.05, 0) is 55.7 Å². The standard InChI is InChI=1S/C17H19FN2/c1-2-20(17-8-4-3-7-15(17)18)14-9-10-16-13(12-14)6-5-11-19-16/h3-4,7-10,12,19H,2,5-6,11H2,1H3. The molecular weight excluding hydrogens is 251 g/mol. The molecule has 0 amide bonds. The minimum Gasteiger partial charge on any atom is -0.385 e. The summed E-state index contributed by atoms with van der Waals surface area (Å²) in [7, 11) is 0. The summed E-state index contributed by atoms with van der Waals surface area (Å²) in [5, 5.41) is 3.41. The number of benzene rings is 2. The smallest absolute Gasteiger partial charge is 0.146 e. The Hall–Kier alpha value is -2.03. The van der Waals surface area contributed by atoms with Crippen LogP contribution in [0.3, 0.4) is 0 Å². The molecule has 1 aliphatic heterocycles. The van der Waals surface area contributed by atoms with Crippen LogP contribution < -0.4 is 10.2 Å². The van der Waals surface area contributed by atoms with Gasteiger partial charge in [0, 0.05) is 24.5 Å². The number of anilines is 3. The van der Waals surface area contributed by atoms with Crippen molar-refractivity contribution in [3.8, 4) is 0 Å². The van der Waals surface area contributed by atoms with Gasteiger partial charge in [0.1, 0.15) is 5.82 Å². The van der Waals surface area contributed by atoms with E-state index in [1.165, 1.54) is 17.3 Å². The minimum absolute atomic E-state index is 0.176. The maximum Gasteiger partial charge on any atom is 0.146 e. The zero-order chi connectivity index (χ0) is 13.9. The fourth-order valence-electron chi connectivity index (χ4n) is 2.79. The van der Waals surface area contributed by atoms with E-state index in [0.29, 0.717) is 5.69 Å². The van der Waals surface area contributed by atoms with E-state index < -0.39 is 0 Å². The highest BCUT2D eigenvalue weighted by molar-refractivity contribution is 5.68. The molecule has 104 valence electrons. The van der Waals surface area contributed by atoms with E-state index in [2.05, 4.69) is 23.5 Å². The van der Waals surface area contributed by atoms with Crippen LogP contribution in [0.25, 0.3) is 0 Å². The summed E-state index contributed by atoms with van der Waals surface area (Å²) in [5.74, 6) is -0.176. The van der Waals surface area contributed by atoms with Crippen molar-refractivity contribution in [3.05, 3.63) is 53.8 Å². The third kappa shape index (κ3) is 2.36. The van der Waals surface area contributed by atoms with Crippen molar-refractivity contribution < 1.29 is 4.39 Å². The van der Waals surface area contributed by atoms with Crippen molar-refractivity contribution in [1.29, 1.82) is 0 Å². The lowest BCUT2D eigenvalue weighted by Crippen LogP contribution is -2.18. The Balaban J connectivity index is 1.99. The van der Waals surface area contributed by atoms with Crippen molar-refractivity contribution >= 4 is 17.1 Å². The van der Waals surface area contributed by atoms with Gasteiger partial charge in [-0.1, -0.05) is 12.1 Å². The number of hydrogen-bond acceptors (Lipinski definition) is 2. The molecule has 0 unspecified atom stereocenters. The Morgan fingerprint density at radius 3 is 2.85 bits per heavy atom. The predicted molar refractivity (Wildman–Crippen MR) is 82.3 cm³/mol. The summed E-state index contributed by atoms with van der Waals surface area (Å²) < 4.78 is 14.0. The van der Waals surface area contributed by atoms with Gasteiger partial charge in [0.05, 0.1) is 5.69 Å². The lowest BCUT2D eigenvalue weighted by molar-refractivity contribution is 0.625. The minimum atomic E-state index is -0.176. The quantitative estimate of drug-likeness (QED) is 0.892. The third-order valence-corrected chi connectivity index (χ3v) is 3.80. The molecule has 0 bridgehead atoms. The Morgan fingerprint density at radius 1 is 1.20 bits per heavy atom. The van der Waals surface area contributed by atoms with Crippen molar-refractivity contribution in [2.75, 3.05) is 23.3 Å². The molecule has 1 aliphatic rings. The molecule has 1 heterocycles. The molecule has 3 heteroatoms. The number of hydrogen-bond donors (Lipinski definition) is 1. The fraction of sp³-hybridized carbons (Fsp3) is 0.294. The van der Waals surface area contributed by atoms with Crippen LogP contribution in [-0.4, -0.2) is 13.1 Å². The van der Waals surface area contributed by atoms with E-state index in [9.17, 15) is 4.39 Å². The number of nitrogens with one attached hydrogen (secondary N) is 1. The van der Waals surface area contributed by atoms with Crippen molar-refractivity contribution in [3.63, 3.8) is 0 Å². The number of aryl methyl sites for hydroxylation is 1. The second kappa shape index (κ2) is 5.53. The van der Waals surface area contributed by atoms with Crippen LogP contribution in [0.5, 0.6) is 0 Å². The maximum atomic E-state index is 14.0. The molecule has 2 aromatic rings. The lowest BCUT2D eigenvalue weighted by Gasteiger charge is -2.26. The van der Waals surface area contributed by atoms with Gasteiger partial charge in [-0.3, -0.25) is 0 Å². The van der Waals surface area contributed by atoms with Crippen LogP contribution in [0.1, 0.15) is 18.9 Å². The average Bonchev–Trinajstić information content (AvgIpc) is 2.50. The fourth-order valence-corrected chi connectivity index (χ4v) is 2.79. The van der Waals surface area contributed by atoms with E-state index in [1.54, 1.807) is 6.07 Å². The average molecular weight is 270 g/mol. The molecule has 0 saturated heterocycles. The van der Waals surface area contributed by atoms with Crippen molar-refractivity contribution in [1.82, 2.24) is 0 Å². The van der Waals surface area contributed by atoms with Gasteiger partial charge >= 0.3 is 0 Å². The highest BCUT2D eigenvalue weighted by atomic mass is 19.1. The Bertz CT molecular complexity index is 610. The molecule has 0 saturated carbocycles. The molecule has 2 nitrogen and oxygen atoms in total. The van der Waals surface area contributed by atoms with Gasteiger partial charge < -0.3 is 10.2 Å². The van der Waals surface area contributed by atoms with E-state index in [1.807, 2.05) is 24.0 Å². The van der Waals surface area contributed by atoms with E-state index in [-0.39, 0.29) is 5.82 Å². The number of nitrogens with zero attached hydrogens (tertiary/aromatic N) is 1. The molecule has 0 aliphatic carbocycles. The van der Waals surface area contributed by atoms with Crippen LogP contribution in [0, 0.1) is 5.82 Å². The SMILES string of the molecule is CCN(c1ccc2c(c1)CCCN2)c1ccccc1F. The summed E-state index contributed by atoms with van der Waals surface area (Å²) in [6, 6.07) is 13.3. The molecule has 2 aromatic carbocycles. The molecule has 3 rings (SSSR count). The molecule has 0 spiro atoms. The van der Waals surface area contributed by atoms with E-state index in [4.69, 9.17) is 0 Å². The predicted octanol–water partition coefficient (Wildman–Crippen LogP) is 4.34. The molecule has 0 atom stereocenters. The van der Waals surface area contributed by atoms with E-state index in [0.717, 1.165) is 31.6 Å². The van der Waals surface area contributed by atoms with Crippen LogP contribution in [0.15, 0.2) is 42.5 Å². The number of halogens is 1. The molecule has 20 heavy (non-hydrogen) atoms. The number of rotatable bonds is 3. The van der Waals surface area contributed by atoms with E-state index >= 15 is 0 Å². The van der Waals surface area contributed by atoms with Crippen LogP contribution in [-0.2, 0) is 6.42 Å². The molecule has 0 radical (unpaired) electrons. The van der Waals surface area contributed by atoms with Gasteiger partial charge in [0.2, 0.25) is 0 Å². The largest absolute Gasteiger partial charge is 0.385 e. The second-order valence-electron chi connectivity index (χ2n) is 5.07. The Kier molecular flexibility index (Phi) is 3.59.